The Bertz CT molecular complexity index is 418. The summed E-state index contributed by atoms with van der Waals surface area (Å²) in [4.78, 5) is 0. The van der Waals surface area contributed by atoms with Gasteiger partial charge in [-0.3, -0.25) is 0 Å². The van der Waals surface area contributed by atoms with E-state index in [2.05, 4.69) is 10.5 Å². The number of oxime groups is 1. The molecule has 0 atom stereocenters. The smallest absolute Gasteiger partial charge is 0.409 e. The summed E-state index contributed by atoms with van der Waals surface area (Å²) < 4.78 is 37.3. The van der Waals surface area contributed by atoms with Gasteiger partial charge in [0.15, 0.2) is 0 Å². The van der Waals surface area contributed by atoms with Gasteiger partial charge >= 0.3 is 6.18 Å². The van der Waals surface area contributed by atoms with Crippen LogP contribution in [0.3, 0.4) is 0 Å². The highest BCUT2D eigenvalue weighted by Crippen LogP contribution is 2.30. The lowest BCUT2D eigenvalue weighted by Gasteiger charge is -2.10. The van der Waals surface area contributed by atoms with E-state index < -0.39 is 11.7 Å². The van der Waals surface area contributed by atoms with Crippen molar-refractivity contribution in [3.63, 3.8) is 0 Å². The molecule has 18 heavy (non-hydrogen) atoms. The predicted octanol–water partition coefficient (Wildman–Crippen LogP) is 2.64. The number of rotatable bonds is 5. The van der Waals surface area contributed by atoms with Crippen molar-refractivity contribution in [1.82, 2.24) is 0 Å². The predicted molar refractivity (Wildman–Crippen MR) is 62.6 cm³/mol. The first-order chi connectivity index (χ1) is 8.43. The molecule has 0 spiro atoms. The molecule has 0 unspecified atom stereocenters. The molecule has 4 N–H and O–H groups in total. The van der Waals surface area contributed by atoms with Gasteiger partial charge in [-0.05, 0) is 24.6 Å². The molecule has 0 bridgehead atoms. The minimum absolute atomic E-state index is 0.0980. The Morgan fingerprint density at radius 1 is 1.39 bits per heavy atom. The number of nitrogens with one attached hydrogen (secondary N) is 1. The Hall–Kier alpha value is -1.92. The number of halogens is 3. The number of benzene rings is 1. The molecule has 7 heteroatoms. The third kappa shape index (κ3) is 4.52. The number of alkyl halides is 3. The molecule has 4 nitrogen and oxygen atoms in total. The fourth-order valence-corrected chi connectivity index (χ4v) is 1.36. The molecule has 0 aromatic heterocycles. The highest BCUT2D eigenvalue weighted by molar-refractivity contribution is 5.79. The van der Waals surface area contributed by atoms with Gasteiger partial charge in [0.25, 0.3) is 0 Å². The minimum atomic E-state index is -4.34. The molecule has 1 aromatic rings. The third-order valence-corrected chi connectivity index (χ3v) is 2.26. The quantitative estimate of drug-likeness (QED) is 0.251. The Morgan fingerprint density at radius 2 is 2.11 bits per heavy atom. The first kappa shape index (κ1) is 14.1. The second kappa shape index (κ2) is 6.13. The number of amidine groups is 1. The molecular formula is C11H14F3N3O. The third-order valence-electron chi connectivity index (χ3n) is 2.26. The van der Waals surface area contributed by atoms with E-state index in [0.717, 1.165) is 12.1 Å². The second-order valence-electron chi connectivity index (χ2n) is 3.70. The van der Waals surface area contributed by atoms with Gasteiger partial charge in [0.1, 0.15) is 5.84 Å². The maximum atomic E-state index is 12.4. The van der Waals surface area contributed by atoms with Gasteiger partial charge in [-0.15, -0.1) is 0 Å². The number of anilines is 1. The van der Waals surface area contributed by atoms with Crippen molar-refractivity contribution in [2.45, 2.75) is 19.0 Å². The largest absolute Gasteiger partial charge is 0.416 e. The highest BCUT2D eigenvalue weighted by atomic mass is 19.4. The molecule has 0 fully saturated rings. The summed E-state index contributed by atoms with van der Waals surface area (Å²) in [6.45, 7) is 0.442. The normalized spacial score (nSPS) is 12.5. The molecule has 0 aliphatic rings. The number of nitrogens with zero attached hydrogens (tertiary/aromatic N) is 1. The van der Waals surface area contributed by atoms with E-state index in [1.807, 2.05) is 0 Å². The monoisotopic (exact) mass is 261 g/mol. The van der Waals surface area contributed by atoms with Crippen LogP contribution in [-0.2, 0) is 6.18 Å². The molecule has 1 rings (SSSR count). The van der Waals surface area contributed by atoms with Crippen LogP contribution in [0.2, 0.25) is 0 Å². The topological polar surface area (TPSA) is 70.6 Å². The molecule has 100 valence electrons. The van der Waals surface area contributed by atoms with Gasteiger partial charge in [0, 0.05) is 18.7 Å². The van der Waals surface area contributed by atoms with E-state index in [9.17, 15) is 13.2 Å². The van der Waals surface area contributed by atoms with Crippen molar-refractivity contribution in [2.24, 2.45) is 10.9 Å². The zero-order valence-electron chi connectivity index (χ0n) is 9.54. The van der Waals surface area contributed by atoms with E-state index in [-0.39, 0.29) is 5.84 Å². The number of hydrogen-bond acceptors (Lipinski definition) is 3. The van der Waals surface area contributed by atoms with E-state index in [1.165, 1.54) is 6.07 Å². The van der Waals surface area contributed by atoms with Crippen LogP contribution in [0.4, 0.5) is 18.9 Å². The number of nitrogens with two attached hydrogens (primary N) is 1. The van der Waals surface area contributed by atoms with Crippen molar-refractivity contribution in [1.29, 1.82) is 0 Å². The minimum Gasteiger partial charge on any atom is -0.409 e. The van der Waals surface area contributed by atoms with Gasteiger partial charge in [-0.25, -0.2) is 0 Å². The second-order valence-corrected chi connectivity index (χ2v) is 3.70. The molecule has 0 saturated carbocycles. The summed E-state index contributed by atoms with van der Waals surface area (Å²) >= 11 is 0. The van der Waals surface area contributed by atoms with Gasteiger partial charge in [-0.2, -0.15) is 13.2 Å². The zero-order valence-corrected chi connectivity index (χ0v) is 9.54. The van der Waals surface area contributed by atoms with Gasteiger partial charge in [0.05, 0.1) is 5.56 Å². The Morgan fingerprint density at radius 3 is 2.72 bits per heavy atom. The lowest BCUT2D eigenvalue weighted by atomic mass is 10.2. The van der Waals surface area contributed by atoms with Crippen molar-refractivity contribution < 1.29 is 18.4 Å². The van der Waals surface area contributed by atoms with Crippen molar-refractivity contribution in [3.05, 3.63) is 29.8 Å². The summed E-state index contributed by atoms with van der Waals surface area (Å²) in [6.07, 6.45) is -3.40. The molecule has 0 aliphatic heterocycles. The number of hydrogen-bond donors (Lipinski definition) is 3. The molecule has 0 radical (unpaired) electrons. The summed E-state index contributed by atoms with van der Waals surface area (Å²) in [5.74, 6) is 0.0980. The van der Waals surface area contributed by atoms with E-state index in [4.69, 9.17) is 10.9 Å². The summed E-state index contributed by atoms with van der Waals surface area (Å²) in [5.41, 5.74) is 4.96. The zero-order chi connectivity index (χ0) is 13.6. The van der Waals surface area contributed by atoms with Crippen LogP contribution in [0.5, 0.6) is 0 Å². The molecule has 0 amide bonds. The van der Waals surface area contributed by atoms with Gasteiger partial charge in [-0.1, -0.05) is 11.2 Å². The molecule has 0 saturated heterocycles. The molecule has 0 heterocycles. The first-order valence-corrected chi connectivity index (χ1v) is 5.31. The Kier molecular flexibility index (Phi) is 4.82. The van der Waals surface area contributed by atoms with Crippen LogP contribution in [-0.4, -0.2) is 17.6 Å². The van der Waals surface area contributed by atoms with Crippen LogP contribution in [0, 0.1) is 0 Å². The SMILES string of the molecule is NC(CCCNc1cccc(C(F)(F)F)c1)=NO. The Labute approximate surface area is 102 Å². The fourth-order valence-electron chi connectivity index (χ4n) is 1.36. The molecule has 1 aromatic carbocycles. The van der Waals surface area contributed by atoms with Gasteiger partial charge in [0.2, 0.25) is 0 Å². The highest BCUT2D eigenvalue weighted by Gasteiger charge is 2.30. The van der Waals surface area contributed by atoms with E-state index >= 15 is 0 Å². The van der Waals surface area contributed by atoms with Crippen molar-refractivity contribution in [3.8, 4) is 0 Å². The van der Waals surface area contributed by atoms with Crippen LogP contribution < -0.4 is 11.1 Å². The average molecular weight is 261 g/mol. The molecular weight excluding hydrogens is 247 g/mol. The van der Waals surface area contributed by atoms with Gasteiger partial charge < -0.3 is 16.3 Å². The van der Waals surface area contributed by atoms with E-state index in [1.54, 1.807) is 6.07 Å². The van der Waals surface area contributed by atoms with E-state index in [0.29, 0.717) is 25.1 Å². The maximum Gasteiger partial charge on any atom is 0.416 e. The van der Waals surface area contributed by atoms with Crippen molar-refractivity contribution in [2.75, 3.05) is 11.9 Å². The van der Waals surface area contributed by atoms with Crippen LogP contribution in [0.15, 0.2) is 29.4 Å². The summed E-state index contributed by atoms with van der Waals surface area (Å²) in [5, 5.41) is 13.9. The van der Waals surface area contributed by atoms with Crippen LogP contribution in [0.25, 0.3) is 0 Å². The van der Waals surface area contributed by atoms with Crippen molar-refractivity contribution >= 4 is 11.5 Å². The summed E-state index contributed by atoms with van der Waals surface area (Å²) in [7, 11) is 0. The average Bonchev–Trinajstić information content (AvgIpc) is 2.33. The maximum absolute atomic E-state index is 12.4. The lowest BCUT2D eigenvalue weighted by Crippen LogP contribution is -2.13. The standard InChI is InChI=1S/C11H14F3N3O/c12-11(13,14)8-3-1-4-9(7-8)16-6-2-5-10(15)17-18/h1,3-4,7,16,18H,2,5-6H2,(H2,15,17). The lowest BCUT2D eigenvalue weighted by molar-refractivity contribution is -0.137. The van der Waals surface area contributed by atoms with Crippen LogP contribution >= 0.6 is 0 Å². The first-order valence-electron chi connectivity index (χ1n) is 5.31. The molecule has 0 aliphatic carbocycles. The summed E-state index contributed by atoms with van der Waals surface area (Å²) in [6, 6.07) is 4.96. The van der Waals surface area contributed by atoms with Crippen LogP contribution in [0.1, 0.15) is 18.4 Å². The Balaban J connectivity index is 2.48. The fraction of sp³-hybridized carbons (Fsp3) is 0.364.